The van der Waals surface area contributed by atoms with E-state index in [1.54, 1.807) is 13.3 Å². The summed E-state index contributed by atoms with van der Waals surface area (Å²) in [7, 11) is 0. The molecule has 0 unspecified atom stereocenters. The van der Waals surface area contributed by atoms with Crippen molar-refractivity contribution < 1.29 is 0 Å². The Morgan fingerprint density at radius 1 is 0.559 bits per heavy atom. The molecule has 0 aliphatic heterocycles. The normalized spacial score (nSPS) is 10.7. The van der Waals surface area contributed by atoms with E-state index in [4.69, 9.17) is 0 Å². The molecule has 2 rings (SSSR count). The van der Waals surface area contributed by atoms with E-state index in [-0.39, 0.29) is 7.43 Å². The minimum atomic E-state index is -2.12. The molecule has 0 radical (unpaired) electrons. The van der Waals surface area contributed by atoms with Crippen LogP contribution in [-0.4, -0.2) is 18.4 Å². The maximum atomic E-state index is 3.84. The van der Waals surface area contributed by atoms with Crippen molar-refractivity contribution in [2.24, 2.45) is 0 Å². The van der Waals surface area contributed by atoms with Crippen molar-refractivity contribution >= 4 is 42.7 Å². The van der Waals surface area contributed by atoms with Gasteiger partial charge in [-0.2, -0.15) is 0 Å². The molecule has 0 aliphatic carbocycles. The summed E-state index contributed by atoms with van der Waals surface area (Å²) in [4.78, 5) is 0. The Bertz CT molecular complexity index is 775. The average Bonchev–Trinajstić information content (AvgIpc) is 2.88. The maximum Gasteiger partial charge on any atom is -0.0262 e. The van der Waals surface area contributed by atoms with Gasteiger partial charge in [-0.05, 0) is 11.1 Å². The van der Waals surface area contributed by atoms with Crippen LogP contribution in [0.25, 0.3) is 24.3 Å². The predicted molar refractivity (Wildman–Crippen MR) is 164 cm³/mol. The van der Waals surface area contributed by atoms with E-state index in [9.17, 15) is 0 Å². The van der Waals surface area contributed by atoms with E-state index >= 15 is 0 Å². The summed E-state index contributed by atoms with van der Waals surface area (Å²) in [5, 5.41) is 0. The molecule has 186 valence electrons. The van der Waals surface area contributed by atoms with Crippen LogP contribution < -0.4 is 0 Å². The van der Waals surface area contributed by atoms with Gasteiger partial charge in [-0.1, -0.05) is 57.0 Å². The van der Waals surface area contributed by atoms with Crippen LogP contribution in [0.1, 0.15) is 89.0 Å². The number of benzene rings is 2. The van der Waals surface area contributed by atoms with Crippen molar-refractivity contribution in [1.29, 1.82) is 0 Å². The van der Waals surface area contributed by atoms with Crippen LogP contribution in [-0.2, 0) is 0 Å². The van der Waals surface area contributed by atoms with Crippen LogP contribution >= 0.6 is 0 Å². The molecule has 0 saturated heterocycles. The van der Waals surface area contributed by atoms with Crippen LogP contribution in [0, 0.1) is 0 Å². The monoisotopic (exact) mass is 566 g/mol. The van der Waals surface area contributed by atoms with Gasteiger partial charge in [-0.15, -0.1) is 0 Å². The zero-order valence-electron chi connectivity index (χ0n) is 21.5. The van der Waals surface area contributed by atoms with E-state index in [1.165, 1.54) is 49.7 Å². The second kappa shape index (κ2) is 19.5. The van der Waals surface area contributed by atoms with Crippen molar-refractivity contribution in [2.45, 2.75) is 80.0 Å². The molecule has 1 heteroatoms. The molecule has 0 N–H and O–H groups in total. The topological polar surface area (TPSA) is 0 Å². The molecule has 0 fully saturated rings. The summed E-state index contributed by atoms with van der Waals surface area (Å²) in [5.41, 5.74) is 4.86. The van der Waals surface area contributed by atoms with Crippen LogP contribution in [0.4, 0.5) is 0 Å². The van der Waals surface area contributed by atoms with Gasteiger partial charge in [0.05, 0.1) is 0 Å². The Morgan fingerprint density at radius 2 is 0.853 bits per heavy atom. The van der Waals surface area contributed by atoms with E-state index < -0.39 is 18.4 Å². The molecule has 0 aromatic heterocycles. The number of rotatable bonds is 14. The second-order valence-corrected chi connectivity index (χ2v) is 22.0. The molecule has 0 amide bonds. The molecule has 2 aromatic carbocycles. The largest absolute Gasteiger partial charge is 0.0985 e. The van der Waals surface area contributed by atoms with Gasteiger partial charge in [0.15, 0.2) is 0 Å². The van der Waals surface area contributed by atoms with Gasteiger partial charge in [-0.3, -0.25) is 0 Å². The SMILES string of the molecule is C.C=Cc1ccc(/C=[CH]/[Sn]([CH2]CCC)([CH2]CCC)[CH2]CCC)cc1.C=Cc1ccc(C=C)cc1. The first-order valence-electron chi connectivity index (χ1n) is 12.8. The minimum absolute atomic E-state index is 0. The molecule has 0 atom stereocenters. The number of unbranched alkanes of at least 4 members (excludes halogenated alkanes) is 3. The van der Waals surface area contributed by atoms with Crippen LogP contribution in [0.15, 0.2) is 72.4 Å². The fourth-order valence-corrected chi connectivity index (χ4v) is 18.2. The first kappa shape index (κ1) is 32.2. The van der Waals surface area contributed by atoms with E-state index in [0.29, 0.717) is 0 Å². The molecule has 0 aliphatic rings. The summed E-state index contributed by atoms with van der Waals surface area (Å²) in [5.74, 6) is 0. The third kappa shape index (κ3) is 12.6. The first-order chi connectivity index (χ1) is 16.1. The Balaban J connectivity index is 0.000000827. The number of hydrogen-bond donors (Lipinski definition) is 0. The van der Waals surface area contributed by atoms with Gasteiger partial charge < -0.3 is 0 Å². The standard InChI is InChI=1S/C10H10.C10H9.3C4H9.CH4.Sn/c2*1-3-9-5-7-10(4-2)8-6-9;3*1-3-4-2;;/h3-8H,1-2H2;1,3-8H,2H2;3*1,3-4H2,2H3;1H4;. The number of hydrogen-bond acceptors (Lipinski definition) is 0. The Hall–Kier alpha value is -1.80. The molecule has 0 heterocycles. The molecular weight excluding hydrogens is 515 g/mol. The molecule has 0 nitrogen and oxygen atoms in total. The van der Waals surface area contributed by atoms with Crippen molar-refractivity contribution in [3.05, 3.63) is 94.6 Å². The first-order valence-corrected chi connectivity index (χ1v) is 20.5. The van der Waals surface area contributed by atoms with Crippen molar-refractivity contribution in [2.75, 3.05) is 0 Å². The summed E-state index contributed by atoms with van der Waals surface area (Å²) < 4.78 is 7.39. The molecule has 0 spiro atoms. The fraction of sp³-hybridized carbons (Fsp3) is 0.394. The van der Waals surface area contributed by atoms with E-state index in [0.717, 1.165) is 11.1 Å². The van der Waals surface area contributed by atoms with E-state index in [2.05, 4.69) is 74.9 Å². The van der Waals surface area contributed by atoms with E-state index in [1.807, 2.05) is 42.5 Å². The van der Waals surface area contributed by atoms with Crippen molar-refractivity contribution in [1.82, 2.24) is 0 Å². The fourth-order valence-electron chi connectivity index (χ4n) is 4.00. The van der Waals surface area contributed by atoms with Gasteiger partial charge in [0.1, 0.15) is 0 Å². The average molecular weight is 565 g/mol. The molecule has 34 heavy (non-hydrogen) atoms. The van der Waals surface area contributed by atoms with Crippen LogP contribution in [0.3, 0.4) is 0 Å². The van der Waals surface area contributed by atoms with Crippen LogP contribution in [0.2, 0.25) is 13.3 Å². The van der Waals surface area contributed by atoms with Gasteiger partial charge in [0.25, 0.3) is 0 Å². The molecule has 2 aromatic rings. The zero-order chi connectivity index (χ0) is 24.4. The maximum absolute atomic E-state index is 3.84. The summed E-state index contributed by atoms with van der Waals surface area (Å²) in [6.45, 7) is 18.2. The smallest absolute Gasteiger partial charge is 0.0262 e. The van der Waals surface area contributed by atoms with Gasteiger partial charge in [-0.25, -0.2) is 0 Å². The van der Waals surface area contributed by atoms with Gasteiger partial charge in [0, 0.05) is 0 Å². The molecule has 0 saturated carbocycles. The third-order valence-electron chi connectivity index (χ3n) is 6.29. The third-order valence-corrected chi connectivity index (χ3v) is 20.3. The van der Waals surface area contributed by atoms with Crippen molar-refractivity contribution in [3.8, 4) is 0 Å². The summed E-state index contributed by atoms with van der Waals surface area (Å²) in [6, 6.07) is 16.9. The minimum Gasteiger partial charge on any atom is -0.0985 e. The second-order valence-electron chi connectivity index (χ2n) is 8.95. The molecular formula is C33H50Sn. The summed E-state index contributed by atoms with van der Waals surface area (Å²) in [6.07, 6.45) is 16.4. The van der Waals surface area contributed by atoms with Gasteiger partial charge in [0.2, 0.25) is 0 Å². The van der Waals surface area contributed by atoms with Gasteiger partial charge >= 0.3 is 149 Å². The van der Waals surface area contributed by atoms with Crippen molar-refractivity contribution in [3.63, 3.8) is 0 Å². The quantitative estimate of drug-likeness (QED) is 0.200. The predicted octanol–water partition coefficient (Wildman–Crippen LogP) is 11.3. The Kier molecular flexibility index (Phi) is 18.5. The van der Waals surface area contributed by atoms with Crippen LogP contribution in [0.5, 0.6) is 0 Å². The molecule has 0 bridgehead atoms. The Morgan fingerprint density at radius 3 is 1.12 bits per heavy atom. The Labute approximate surface area is 216 Å². The summed E-state index contributed by atoms with van der Waals surface area (Å²) >= 11 is -2.12. The zero-order valence-corrected chi connectivity index (χ0v) is 24.3.